The van der Waals surface area contributed by atoms with Gasteiger partial charge in [0.15, 0.2) is 0 Å². The van der Waals surface area contributed by atoms with E-state index < -0.39 is 52.9 Å². The number of benzene rings is 1. The zero-order valence-electron chi connectivity index (χ0n) is 13.3. The number of ether oxygens (including phenoxy) is 2. The van der Waals surface area contributed by atoms with E-state index in [0.717, 1.165) is 4.90 Å². The summed E-state index contributed by atoms with van der Waals surface area (Å²) in [5, 5.41) is 32.2. The third kappa shape index (κ3) is 6.31. The minimum absolute atomic E-state index is 0.492. The summed E-state index contributed by atoms with van der Waals surface area (Å²) in [6, 6.07) is 8.08. The number of carbonyl (C=O) groups excluding carboxylic acids is 1. The lowest BCUT2D eigenvalue weighted by molar-refractivity contribution is -0.170. The number of aliphatic hydroxyl groups excluding tert-OH is 3. The van der Waals surface area contributed by atoms with Crippen LogP contribution in [0.25, 0.3) is 0 Å². The molecular weight excluding hydrogens is 429 g/mol. The Morgan fingerprint density at radius 2 is 1.88 bits per heavy atom. The van der Waals surface area contributed by atoms with Crippen molar-refractivity contribution in [3.63, 3.8) is 0 Å². The highest BCUT2D eigenvalue weighted by Crippen LogP contribution is 2.33. The van der Waals surface area contributed by atoms with Gasteiger partial charge >= 0.3 is 6.09 Å². The Morgan fingerprint density at radius 1 is 1.23 bits per heavy atom. The van der Waals surface area contributed by atoms with E-state index in [9.17, 15) is 20.1 Å². The van der Waals surface area contributed by atoms with Crippen molar-refractivity contribution < 1.29 is 29.6 Å². The first-order valence-corrected chi connectivity index (χ1v) is 9.57. The van der Waals surface area contributed by atoms with E-state index in [1.165, 1.54) is 11.8 Å². The molecule has 0 bridgehead atoms. The number of hydrogen-bond donors (Lipinski definition) is 4. The second kappa shape index (κ2) is 9.66. The number of aliphatic hydroxyl groups is 3. The van der Waals surface area contributed by atoms with Gasteiger partial charge in [-0.3, -0.25) is 0 Å². The van der Waals surface area contributed by atoms with E-state index in [4.69, 9.17) is 44.3 Å². The highest BCUT2D eigenvalue weighted by molar-refractivity contribution is 7.99. The minimum atomic E-state index is -1.78. The lowest BCUT2D eigenvalue weighted by Crippen LogP contribution is -2.63. The van der Waals surface area contributed by atoms with Crippen LogP contribution in [0, 0.1) is 0 Å². The normalized spacial score (nSPS) is 29.2. The fourth-order valence-corrected chi connectivity index (χ4v) is 3.61. The summed E-state index contributed by atoms with van der Waals surface area (Å²) in [6.45, 7) is -0.986. The SMILES string of the molecule is O=C(N[C@@H]1[C@@H](O)[C@H](O)[C@@H](CO)O[C@H]1Sc1ccccc1)OCC(Cl)(Cl)Cl. The molecule has 1 aliphatic heterocycles. The third-order valence-electron chi connectivity index (χ3n) is 3.53. The standard InChI is InChI=1S/C15H18Cl3NO6S/c16-15(17,18)7-24-14(23)19-10-12(22)11(21)9(6-20)25-13(10)26-8-4-2-1-3-5-8/h1-5,9-13,20-22H,6-7H2,(H,19,23)/t9-,10-,11-,12-,13+/m1/s1. The average molecular weight is 447 g/mol. The smallest absolute Gasteiger partial charge is 0.407 e. The molecule has 146 valence electrons. The van der Waals surface area contributed by atoms with Gasteiger partial charge in [-0.1, -0.05) is 64.8 Å². The van der Waals surface area contributed by atoms with E-state index in [0.29, 0.717) is 0 Å². The van der Waals surface area contributed by atoms with Crippen LogP contribution in [-0.4, -0.2) is 68.2 Å². The lowest BCUT2D eigenvalue weighted by atomic mass is 9.98. The number of amides is 1. The van der Waals surface area contributed by atoms with Crippen LogP contribution in [0.2, 0.25) is 0 Å². The number of rotatable bonds is 5. The van der Waals surface area contributed by atoms with Gasteiger partial charge in [0.05, 0.1) is 12.6 Å². The topological polar surface area (TPSA) is 108 Å². The van der Waals surface area contributed by atoms with Crippen molar-refractivity contribution in [3.8, 4) is 0 Å². The molecule has 11 heteroatoms. The van der Waals surface area contributed by atoms with Gasteiger partial charge in [-0.2, -0.15) is 0 Å². The van der Waals surface area contributed by atoms with Crippen molar-refractivity contribution in [2.24, 2.45) is 0 Å². The van der Waals surface area contributed by atoms with Gasteiger partial charge in [0, 0.05) is 4.90 Å². The zero-order valence-corrected chi connectivity index (χ0v) is 16.4. The summed E-state index contributed by atoms with van der Waals surface area (Å²) in [5.41, 5.74) is -0.798. The van der Waals surface area contributed by atoms with Crippen LogP contribution in [0.15, 0.2) is 35.2 Å². The van der Waals surface area contributed by atoms with Crippen molar-refractivity contribution in [3.05, 3.63) is 30.3 Å². The molecule has 1 amide bonds. The fourth-order valence-electron chi connectivity index (χ4n) is 2.29. The molecule has 0 saturated carbocycles. The highest BCUT2D eigenvalue weighted by atomic mass is 35.6. The van der Waals surface area contributed by atoms with Gasteiger partial charge in [-0.05, 0) is 12.1 Å². The average Bonchev–Trinajstić information content (AvgIpc) is 2.59. The number of thioether (sulfide) groups is 1. The maximum atomic E-state index is 11.9. The molecule has 0 spiro atoms. The molecule has 2 rings (SSSR count). The predicted octanol–water partition coefficient (Wildman–Crippen LogP) is 1.68. The Kier molecular flexibility index (Phi) is 8.11. The molecule has 0 aromatic heterocycles. The van der Waals surface area contributed by atoms with E-state index >= 15 is 0 Å². The molecule has 26 heavy (non-hydrogen) atoms. The van der Waals surface area contributed by atoms with E-state index in [1.807, 2.05) is 30.3 Å². The van der Waals surface area contributed by atoms with Crippen LogP contribution in [-0.2, 0) is 9.47 Å². The predicted molar refractivity (Wildman–Crippen MR) is 98.6 cm³/mol. The van der Waals surface area contributed by atoms with Crippen LogP contribution in [0.4, 0.5) is 4.79 Å². The van der Waals surface area contributed by atoms with E-state index in [2.05, 4.69) is 5.32 Å². The number of halogens is 3. The lowest BCUT2D eigenvalue weighted by Gasteiger charge is -2.42. The van der Waals surface area contributed by atoms with Crippen LogP contribution < -0.4 is 5.32 Å². The van der Waals surface area contributed by atoms with Gasteiger partial charge < -0.3 is 30.1 Å². The molecule has 4 N–H and O–H groups in total. The molecular formula is C15H18Cl3NO6S. The molecule has 1 aromatic carbocycles. The second-order valence-electron chi connectivity index (χ2n) is 5.50. The summed E-state index contributed by atoms with van der Waals surface area (Å²) >= 11 is 17.8. The van der Waals surface area contributed by atoms with Crippen molar-refractivity contribution in [2.75, 3.05) is 13.2 Å². The summed E-state index contributed by atoms with van der Waals surface area (Å²) < 4.78 is 8.65. The largest absolute Gasteiger partial charge is 0.445 e. The Morgan fingerprint density at radius 3 is 2.46 bits per heavy atom. The van der Waals surface area contributed by atoms with E-state index in [1.54, 1.807) is 0 Å². The molecule has 7 nitrogen and oxygen atoms in total. The van der Waals surface area contributed by atoms with Gasteiger partial charge in [0.2, 0.25) is 3.79 Å². The Bertz CT molecular complexity index is 590. The molecule has 1 saturated heterocycles. The van der Waals surface area contributed by atoms with Gasteiger partial charge in [0.25, 0.3) is 0 Å². The van der Waals surface area contributed by atoms with Crippen LogP contribution in [0.1, 0.15) is 0 Å². The van der Waals surface area contributed by atoms with Gasteiger partial charge in [-0.25, -0.2) is 4.79 Å². The fraction of sp³-hybridized carbons (Fsp3) is 0.533. The zero-order chi connectivity index (χ0) is 19.3. The number of carbonyl (C=O) groups is 1. The summed E-state index contributed by atoms with van der Waals surface area (Å²) in [4.78, 5) is 12.7. The first-order valence-electron chi connectivity index (χ1n) is 7.55. The maximum absolute atomic E-state index is 11.9. The molecule has 0 radical (unpaired) electrons. The monoisotopic (exact) mass is 445 g/mol. The van der Waals surface area contributed by atoms with Gasteiger partial charge in [0.1, 0.15) is 30.4 Å². The quantitative estimate of drug-likeness (QED) is 0.510. The number of alkyl halides is 3. The molecule has 0 unspecified atom stereocenters. The van der Waals surface area contributed by atoms with Crippen molar-refractivity contribution in [1.29, 1.82) is 0 Å². The second-order valence-corrected chi connectivity index (χ2v) is 9.19. The Labute approximate surface area is 169 Å². The number of hydrogen-bond acceptors (Lipinski definition) is 7. The third-order valence-corrected chi connectivity index (χ3v) is 5.04. The summed E-state index contributed by atoms with van der Waals surface area (Å²) in [5.74, 6) is 0. The molecule has 1 aromatic rings. The molecule has 5 atom stereocenters. The maximum Gasteiger partial charge on any atom is 0.407 e. The van der Waals surface area contributed by atoms with Crippen molar-refractivity contribution in [2.45, 2.75) is 38.5 Å². The van der Waals surface area contributed by atoms with Crippen LogP contribution in [0.5, 0.6) is 0 Å². The van der Waals surface area contributed by atoms with Crippen LogP contribution >= 0.6 is 46.6 Å². The molecule has 1 aliphatic rings. The Hall–Kier alpha value is -0.450. The van der Waals surface area contributed by atoms with Crippen molar-refractivity contribution >= 4 is 52.7 Å². The van der Waals surface area contributed by atoms with Crippen LogP contribution in [0.3, 0.4) is 0 Å². The van der Waals surface area contributed by atoms with E-state index in [-0.39, 0.29) is 0 Å². The summed E-state index contributed by atoms with van der Waals surface area (Å²) in [7, 11) is 0. The minimum Gasteiger partial charge on any atom is -0.445 e. The first-order chi connectivity index (χ1) is 12.2. The number of nitrogens with one attached hydrogen (secondary N) is 1. The molecule has 1 fully saturated rings. The highest BCUT2D eigenvalue weighted by Gasteiger charge is 2.45. The number of alkyl carbamates (subject to hydrolysis) is 1. The first kappa shape index (κ1) is 21.8. The summed E-state index contributed by atoms with van der Waals surface area (Å²) in [6.07, 6.45) is -4.74. The van der Waals surface area contributed by atoms with Gasteiger partial charge in [-0.15, -0.1) is 0 Å². The molecule has 1 heterocycles. The Balaban J connectivity index is 2.10. The van der Waals surface area contributed by atoms with Crippen molar-refractivity contribution in [1.82, 2.24) is 5.32 Å². The molecule has 0 aliphatic carbocycles.